The second kappa shape index (κ2) is 13.1. The van der Waals surface area contributed by atoms with Crippen LogP contribution in [-0.2, 0) is 11.2 Å². The predicted molar refractivity (Wildman–Crippen MR) is 123 cm³/mol. The molecule has 0 atom stereocenters. The van der Waals surface area contributed by atoms with Crippen LogP contribution in [0.5, 0.6) is 11.5 Å². The minimum absolute atomic E-state index is 0.000619. The van der Waals surface area contributed by atoms with Crippen LogP contribution in [0.15, 0.2) is 48.5 Å². The average molecular weight is 422 g/mol. The molecule has 1 amide bonds. The molecule has 2 aromatic rings. The molecule has 31 heavy (non-hydrogen) atoms. The number of likely N-dealkylation sites (N-methyl/N-ethyl adjacent to an activating group) is 1. The van der Waals surface area contributed by atoms with Crippen LogP contribution in [0.25, 0.3) is 6.08 Å². The summed E-state index contributed by atoms with van der Waals surface area (Å²) in [4.78, 5) is 14.2. The Labute approximate surface area is 185 Å². The van der Waals surface area contributed by atoms with Crippen molar-refractivity contribution < 1.29 is 14.3 Å². The van der Waals surface area contributed by atoms with Crippen molar-refractivity contribution in [1.82, 2.24) is 10.2 Å². The summed E-state index contributed by atoms with van der Waals surface area (Å²) in [6, 6.07) is 15.4. The Balaban J connectivity index is 1.62. The number of nitrogens with zero attached hydrogens (tertiary/aromatic N) is 2. The molecule has 164 valence electrons. The number of hydrogen-bond donors (Lipinski definition) is 1. The number of rotatable bonds is 12. The van der Waals surface area contributed by atoms with E-state index in [4.69, 9.17) is 14.7 Å². The van der Waals surface area contributed by atoms with Gasteiger partial charge in [-0.2, -0.15) is 5.26 Å². The Hall–Kier alpha value is -3.30. The number of carbonyl (C=O) groups is 1. The zero-order chi connectivity index (χ0) is 22.5. The highest BCUT2D eigenvalue weighted by atomic mass is 16.5. The standard InChI is InChI=1S/C25H31N3O3/c1-28(16-13-21-11-12-23(30-2)24(18-21)31-3)15-6-14-27-25(29)10-5-8-20-7-4-9-22(17-20)19-26/h4-5,7-9,11-12,17-18H,6,10,13-16H2,1-3H3,(H,27,29)/b8-5+. The maximum atomic E-state index is 12.0. The van der Waals surface area contributed by atoms with Crippen molar-refractivity contribution in [2.24, 2.45) is 0 Å². The summed E-state index contributed by atoms with van der Waals surface area (Å²) < 4.78 is 10.6. The van der Waals surface area contributed by atoms with Gasteiger partial charge in [0, 0.05) is 19.5 Å². The van der Waals surface area contributed by atoms with E-state index in [0.717, 1.165) is 43.0 Å². The molecule has 2 aromatic carbocycles. The number of nitrogens with one attached hydrogen (secondary N) is 1. The van der Waals surface area contributed by atoms with Crippen LogP contribution in [0, 0.1) is 11.3 Å². The average Bonchev–Trinajstić information content (AvgIpc) is 2.80. The first kappa shape index (κ1) is 24.0. The lowest BCUT2D eigenvalue weighted by atomic mass is 10.1. The van der Waals surface area contributed by atoms with Gasteiger partial charge < -0.3 is 19.7 Å². The molecule has 0 saturated carbocycles. The summed E-state index contributed by atoms with van der Waals surface area (Å²) in [5, 5.41) is 11.9. The topological polar surface area (TPSA) is 74.6 Å². The van der Waals surface area contributed by atoms with Crippen molar-refractivity contribution in [3.63, 3.8) is 0 Å². The molecule has 0 unspecified atom stereocenters. The van der Waals surface area contributed by atoms with Gasteiger partial charge in [0.2, 0.25) is 5.91 Å². The maximum absolute atomic E-state index is 12.0. The van der Waals surface area contributed by atoms with Crippen molar-refractivity contribution in [3.05, 3.63) is 65.2 Å². The number of amides is 1. The lowest BCUT2D eigenvalue weighted by molar-refractivity contribution is -0.120. The number of hydrogen-bond acceptors (Lipinski definition) is 5. The van der Waals surface area contributed by atoms with Gasteiger partial charge in [-0.25, -0.2) is 0 Å². The van der Waals surface area contributed by atoms with E-state index in [0.29, 0.717) is 18.5 Å². The third-order valence-electron chi connectivity index (χ3n) is 4.90. The number of benzene rings is 2. The minimum atomic E-state index is 0.000619. The van der Waals surface area contributed by atoms with E-state index < -0.39 is 0 Å². The zero-order valence-electron chi connectivity index (χ0n) is 18.6. The highest BCUT2D eigenvalue weighted by molar-refractivity contribution is 5.78. The van der Waals surface area contributed by atoms with Crippen LogP contribution in [-0.4, -0.2) is 51.7 Å². The minimum Gasteiger partial charge on any atom is -0.493 e. The summed E-state index contributed by atoms with van der Waals surface area (Å²) in [5.41, 5.74) is 2.73. The maximum Gasteiger partial charge on any atom is 0.223 e. The van der Waals surface area contributed by atoms with Crippen LogP contribution < -0.4 is 14.8 Å². The lowest BCUT2D eigenvalue weighted by Gasteiger charge is -2.17. The monoisotopic (exact) mass is 421 g/mol. The van der Waals surface area contributed by atoms with E-state index in [1.165, 1.54) is 5.56 Å². The first-order valence-electron chi connectivity index (χ1n) is 10.4. The normalized spacial score (nSPS) is 10.8. The van der Waals surface area contributed by atoms with E-state index in [2.05, 4.69) is 29.4 Å². The molecule has 0 spiro atoms. The molecule has 0 radical (unpaired) electrons. The first-order chi connectivity index (χ1) is 15.0. The van der Waals surface area contributed by atoms with Gasteiger partial charge in [0.1, 0.15) is 0 Å². The van der Waals surface area contributed by atoms with Gasteiger partial charge in [0.25, 0.3) is 0 Å². The van der Waals surface area contributed by atoms with Crippen molar-refractivity contribution >= 4 is 12.0 Å². The fraction of sp³-hybridized carbons (Fsp3) is 0.360. The molecule has 0 saturated heterocycles. The molecule has 1 N–H and O–H groups in total. The van der Waals surface area contributed by atoms with Crippen LogP contribution in [0.3, 0.4) is 0 Å². The molecule has 0 bridgehead atoms. The van der Waals surface area contributed by atoms with Gasteiger partial charge in [-0.3, -0.25) is 4.79 Å². The van der Waals surface area contributed by atoms with Crippen LogP contribution in [0.2, 0.25) is 0 Å². The predicted octanol–water partition coefficient (Wildman–Crippen LogP) is 3.66. The fourth-order valence-corrected chi connectivity index (χ4v) is 3.13. The van der Waals surface area contributed by atoms with E-state index in [-0.39, 0.29) is 5.91 Å². The number of methoxy groups -OCH3 is 2. The van der Waals surface area contributed by atoms with Gasteiger partial charge in [0.15, 0.2) is 11.5 Å². The SMILES string of the molecule is COc1ccc(CCN(C)CCCNC(=O)C/C=C/c2cccc(C#N)c2)cc1OC. The molecular weight excluding hydrogens is 390 g/mol. The molecule has 0 aliphatic rings. The molecule has 2 rings (SSSR count). The van der Waals surface area contributed by atoms with Gasteiger partial charge in [-0.1, -0.05) is 30.4 Å². The number of carbonyl (C=O) groups excluding carboxylic acids is 1. The third kappa shape index (κ3) is 8.53. The van der Waals surface area contributed by atoms with Gasteiger partial charge in [-0.15, -0.1) is 0 Å². The zero-order valence-corrected chi connectivity index (χ0v) is 18.6. The molecule has 0 aliphatic heterocycles. The Kier molecular flexibility index (Phi) is 10.1. The number of ether oxygens (including phenoxy) is 2. The van der Waals surface area contributed by atoms with Crippen LogP contribution in [0.1, 0.15) is 29.5 Å². The van der Waals surface area contributed by atoms with Gasteiger partial charge >= 0.3 is 0 Å². The smallest absolute Gasteiger partial charge is 0.223 e. The third-order valence-corrected chi connectivity index (χ3v) is 4.90. The Morgan fingerprint density at radius 2 is 1.94 bits per heavy atom. The first-order valence-corrected chi connectivity index (χ1v) is 10.4. The van der Waals surface area contributed by atoms with E-state index in [1.807, 2.05) is 36.4 Å². The Bertz CT molecular complexity index is 918. The van der Waals surface area contributed by atoms with E-state index in [1.54, 1.807) is 26.4 Å². The van der Waals surface area contributed by atoms with Crippen LogP contribution >= 0.6 is 0 Å². The van der Waals surface area contributed by atoms with E-state index >= 15 is 0 Å². The molecule has 0 aromatic heterocycles. The van der Waals surface area contributed by atoms with Crippen LogP contribution in [0.4, 0.5) is 0 Å². The highest BCUT2D eigenvalue weighted by Crippen LogP contribution is 2.27. The Morgan fingerprint density at radius 1 is 1.13 bits per heavy atom. The van der Waals surface area contributed by atoms with Gasteiger partial charge in [0.05, 0.1) is 25.9 Å². The summed E-state index contributed by atoms with van der Waals surface area (Å²) in [6.45, 7) is 2.48. The molecule has 6 nitrogen and oxygen atoms in total. The summed E-state index contributed by atoms with van der Waals surface area (Å²) in [7, 11) is 5.36. The van der Waals surface area contributed by atoms with Gasteiger partial charge in [-0.05, 0) is 61.8 Å². The fourth-order valence-electron chi connectivity index (χ4n) is 3.13. The van der Waals surface area contributed by atoms with Crippen molar-refractivity contribution in [1.29, 1.82) is 5.26 Å². The van der Waals surface area contributed by atoms with Crippen molar-refractivity contribution in [2.45, 2.75) is 19.3 Å². The van der Waals surface area contributed by atoms with E-state index in [9.17, 15) is 4.79 Å². The summed E-state index contributed by atoms with van der Waals surface area (Å²) >= 11 is 0. The molecule has 6 heteroatoms. The molecular formula is C25H31N3O3. The Morgan fingerprint density at radius 3 is 2.68 bits per heavy atom. The molecule has 0 fully saturated rings. The second-order valence-electron chi connectivity index (χ2n) is 7.29. The highest BCUT2D eigenvalue weighted by Gasteiger charge is 2.06. The quantitative estimate of drug-likeness (QED) is 0.530. The second-order valence-corrected chi connectivity index (χ2v) is 7.29. The van der Waals surface area contributed by atoms with Crippen molar-refractivity contribution in [2.75, 3.05) is 40.9 Å². The molecule has 0 aliphatic carbocycles. The lowest BCUT2D eigenvalue weighted by Crippen LogP contribution is -2.28. The van der Waals surface area contributed by atoms with Crippen molar-refractivity contribution in [3.8, 4) is 17.6 Å². The largest absolute Gasteiger partial charge is 0.493 e. The summed E-state index contributed by atoms with van der Waals surface area (Å²) in [5.74, 6) is 1.48. The molecule has 0 heterocycles. The number of nitriles is 1. The summed E-state index contributed by atoms with van der Waals surface area (Å²) in [6.07, 6.45) is 5.82.